The Morgan fingerprint density at radius 2 is 1.91 bits per heavy atom. The molecule has 3 N–H and O–H groups in total. The van der Waals surface area contributed by atoms with Gasteiger partial charge in [0.25, 0.3) is 0 Å². The van der Waals surface area contributed by atoms with Gasteiger partial charge in [-0.05, 0) is 98.2 Å². The van der Waals surface area contributed by atoms with Crippen LogP contribution in [0.4, 0.5) is 0 Å². The Balaban J connectivity index is 1.54. The van der Waals surface area contributed by atoms with Crippen LogP contribution in [0.25, 0.3) is 0 Å². The third-order valence-electron chi connectivity index (χ3n) is 9.99. The molecular formula is C27H44O6S. The van der Waals surface area contributed by atoms with Crippen molar-refractivity contribution in [3.8, 4) is 0 Å². The van der Waals surface area contributed by atoms with Crippen LogP contribution in [-0.4, -0.2) is 41.5 Å². The van der Waals surface area contributed by atoms with Gasteiger partial charge in [-0.3, -0.25) is 4.55 Å². The van der Waals surface area contributed by atoms with E-state index in [2.05, 4.69) is 40.3 Å². The average Bonchev–Trinajstić information content (AvgIpc) is 3.05. The molecule has 0 aliphatic heterocycles. The van der Waals surface area contributed by atoms with Crippen LogP contribution in [0.1, 0.15) is 85.5 Å². The normalized spacial score (nSPS) is 43.0. The zero-order chi connectivity index (χ0) is 25.1. The monoisotopic (exact) mass is 496 g/mol. The summed E-state index contributed by atoms with van der Waals surface area (Å²) in [5, 5.41) is 21.8. The molecule has 3 saturated carbocycles. The van der Waals surface area contributed by atoms with Gasteiger partial charge in [0.15, 0.2) is 0 Å². The Kier molecular flexibility index (Phi) is 7.20. The summed E-state index contributed by atoms with van der Waals surface area (Å²) in [6.07, 6.45) is 8.10. The second-order valence-electron chi connectivity index (χ2n) is 12.6. The Morgan fingerprint density at radius 1 is 1.21 bits per heavy atom. The van der Waals surface area contributed by atoms with Crippen molar-refractivity contribution in [1.29, 1.82) is 0 Å². The van der Waals surface area contributed by atoms with E-state index in [0.29, 0.717) is 49.4 Å². The molecule has 6 nitrogen and oxygen atoms in total. The van der Waals surface area contributed by atoms with Gasteiger partial charge in [-0.15, -0.1) is 0 Å². The molecule has 7 heteroatoms. The first-order valence-electron chi connectivity index (χ1n) is 13.1. The number of allylic oxidation sites excluding steroid dienone is 2. The predicted molar refractivity (Wildman–Crippen MR) is 132 cm³/mol. The van der Waals surface area contributed by atoms with Crippen LogP contribution in [0.5, 0.6) is 0 Å². The van der Waals surface area contributed by atoms with Crippen LogP contribution < -0.4 is 0 Å². The predicted octanol–water partition coefficient (Wildman–Crippen LogP) is 5.08. The van der Waals surface area contributed by atoms with Crippen molar-refractivity contribution in [2.45, 2.75) is 104 Å². The van der Waals surface area contributed by atoms with E-state index < -0.39 is 22.6 Å². The molecule has 0 aromatic carbocycles. The summed E-state index contributed by atoms with van der Waals surface area (Å²) in [6, 6.07) is 0. The molecule has 0 aromatic rings. The minimum absolute atomic E-state index is 0.0711. The summed E-state index contributed by atoms with van der Waals surface area (Å²) < 4.78 is 36.5. The molecule has 9 atom stereocenters. The molecular weight excluding hydrogens is 452 g/mol. The number of hydrogen-bond acceptors (Lipinski definition) is 5. The summed E-state index contributed by atoms with van der Waals surface area (Å²) in [5.74, 6) is 1.59. The second kappa shape index (κ2) is 9.29. The number of aliphatic hydroxyl groups is 2. The van der Waals surface area contributed by atoms with E-state index in [1.165, 1.54) is 11.1 Å². The van der Waals surface area contributed by atoms with Crippen LogP contribution >= 0.6 is 0 Å². The van der Waals surface area contributed by atoms with Gasteiger partial charge in [0.05, 0.1) is 18.3 Å². The zero-order valence-corrected chi connectivity index (χ0v) is 22.1. The molecule has 4 rings (SSSR count). The number of fused-ring (bicyclic) bond motifs is 5. The minimum atomic E-state index is -4.49. The Bertz CT molecular complexity index is 925. The molecule has 0 saturated heterocycles. The van der Waals surface area contributed by atoms with E-state index in [9.17, 15) is 18.6 Å². The van der Waals surface area contributed by atoms with Gasteiger partial charge in [0.1, 0.15) is 0 Å². The smallest absolute Gasteiger partial charge is 0.393 e. The summed E-state index contributed by atoms with van der Waals surface area (Å²) in [6.45, 7) is 13.3. The lowest BCUT2D eigenvalue weighted by atomic mass is 9.48. The lowest BCUT2D eigenvalue weighted by Gasteiger charge is -2.58. The lowest BCUT2D eigenvalue weighted by Crippen LogP contribution is -2.54. The molecule has 0 aromatic heterocycles. The highest BCUT2D eigenvalue weighted by molar-refractivity contribution is 7.80. The maximum absolute atomic E-state index is 11.3. The number of rotatable bonds is 7. The molecule has 4 aliphatic carbocycles. The van der Waals surface area contributed by atoms with E-state index in [1.807, 2.05) is 0 Å². The highest BCUT2D eigenvalue weighted by Gasteiger charge is 2.59. The van der Waals surface area contributed by atoms with Gasteiger partial charge in [-0.2, -0.15) is 8.42 Å². The van der Waals surface area contributed by atoms with Crippen LogP contribution in [0.3, 0.4) is 0 Å². The van der Waals surface area contributed by atoms with Crippen molar-refractivity contribution in [3.05, 3.63) is 23.8 Å². The molecule has 0 amide bonds. The molecule has 0 bridgehead atoms. The van der Waals surface area contributed by atoms with Gasteiger partial charge in [0, 0.05) is 0 Å². The molecule has 0 heterocycles. The zero-order valence-electron chi connectivity index (χ0n) is 21.2. The molecule has 34 heavy (non-hydrogen) atoms. The van der Waals surface area contributed by atoms with E-state index >= 15 is 0 Å². The van der Waals surface area contributed by atoms with Gasteiger partial charge in [-0.1, -0.05) is 51.5 Å². The van der Waals surface area contributed by atoms with Gasteiger partial charge >= 0.3 is 10.4 Å². The van der Waals surface area contributed by atoms with E-state index in [-0.39, 0.29) is 22.9 Å². The highest BCUT2D eigenvalue weighted by Crippen LogP contribution is 2.66. The SMILES string of the molecule is C=C(C[C@@H](O)CC(C)C)[C@H]1CC[C@H]2[C@@H]3C[C@H](O)[C@H]4C[C@@H](OS(=O)(=O)O)CC[C@]4(C)C3=CC[C@]12C. The van der Waals surface area contributed by atoms with Crippen LogP contribution in [-0.2, 0) is 14.6 Å². The van der Waals surface area contributed by atoms with Crippen LogP contribution in [0.15, 0.2) is 23.8 Å². The first kappa shape index (κ1) is 26.3. The second-order valence-corrected chi connectivity index (χ2v) is 13.7. The van der Waals surface area contributed by atoms with Gasteiger partial charge in [-0.25, -0.2) is 4.18 Å². The Morgan fingerprint density at radius 3 is 2.56 bits per heavy atom. The van der Waals surface area contributed by atoms with Crippen molar-refractivity contribution in [3.63, 3.8) is 0 Å². The standard InChI is InChI=1S/C27H44O6S/c1-16(2)12-18(28)13-17(3)21-6-7-22-20-15-25(29)24-14-19(33-34(30,31)32)8-10-27(24,5)23(20)9-11-26(21,22)4/h9,16,18-22,24-25,28-29H,3,6-8,10-15H2,1-2,4-5H3,(H,30,31,32)/t18-,19-,20-,21+,22-,24+,25-,26+,27+/m0/s1. The largest absolute Gasteiger partial charge is 0.397 e. The molecule has 0 radical (unpaired) electrons. The summed E-state index contributed by atoms with van der Waals surface area (Å²) >= 11 is 0. The van der Waals surface area contributed by atoms with E-state index in [0.717, 1.165) is 32.1 Å². The molecule has 3 fully saturated rings. The van der Waals surface area contributed by atoms with Crippen molar-refractivity contribution in [2.75, 3.05) is 0 Å². The molecule has 0 spiro atoms. The van der Waals surface area contributed by atoms with Gasteiger partial charge < -0.3 is 10.2 Å². The quantitative estimate of drug-likeness (QED) is 0.335. The first-order chi connectivity index (χ1) is 15.7. The first-order valence-corrected chi connectivity index (χ1v) is 14.5. The lowest BCUT2D eigenvalue weighted by molar-refractivity contribution is -0.0768. The third-order valence-corrected chi connectivity index (χ3v) is 10.5. The Labute approximate surface area is 205 Å². The average molecular weight is 497 g/mol. The van der Waals surface area contributed by atoms with Crippen LogP contribution in [0, 0.1) is 40.4 Å². The number of aliphatic hydroxyl groups excluding tert-OH is 2. The van der Waals surface area contributed by atoms with Crippen LogP contribution in [0.2, 0.25) is 0 Å². The van der Waals surface area contributed by atoms with Crippen molar-refractivity contribution in [2.24, 2.45) is 40.4 Å². The Hall–Kier alpha value is -0.730. The molecule has 4 aliphatic rings. The fraction of sp³-hybridized carbons (Fsp3) is 0.852. The molecule has 194 valence electrons. The van der Waals surface area contributed by atoms with Crippen molar-refractivity contribution >= 4 is 10.4 Å². The summed E-state index contributed by atoms with van der Waals surface area (Å²) in [4.78, 5) is 0. The minimum Gasteiger partial charge on any atom is -0.393 e. The fourth-order valence-corrected chi connectivity index (χ4v) is 9.06. The van der Waals surface area contributed by atoms with Crippen molar-refractivity contribution < 1.29 is 27.4 Å². The fourth-order valence-electron chi connectivity index (χ4n) is 8.54. The summed E-state index contributed by atoms with van der Waals surface area (Å²) in [7, 11) is -4.49. The summed E-state index contributed by atoms with van der Waals surface area (Å²) in [5.41, 5.74) is 2.54. The maximum atomic E-state index is 11.3. The third kappa shape index (κ3) is 4.80. The highest BCUT2D eigenvalue weighted by atomic mass is 32.3. The maximum Gasteiger partial charge on any atom is 0.397 e. The van der Waals surface area contributed by atoms with E-state index in [1.54, 1.807) is 0 Å². The number of hydrogen-bond donors (Lipinski definition) is 3. The van der Waals surface area contributed by atoms with Gasteiger partial charge in [0.2, 0.25) is 0 Å². The topological polar surface area (TPSA) is 104 Å². The van der Waals surface area contributed by atoms with E-state index in [4.69, 9.17) is 8.74 Å². The van der Waals surface area contributed by atoms with Crippen molar-refractivity contribution in [1.82, 2.24) is 0 Å². The molecule has 0 unspecified atom stereocenters.